The molecule has 0 unspecified atom stereocenters. The minimum atomic E-state index is -1.04. The van der Waals surface area contributed by atoms with E-state index in [1.54, 1.807) is 62.8 Å². The number of aromatic nitrogens is 1. The number of methoxy groups -OCH3 is 2. The van der Waals surface area contributed by atoms with Crippen molar-refractivity contribution in [2.45, 2.75) is 38.9 Å². The molecule has 0 bridgehead atoms. The second kappa shape index (κ2) is 11.3. The van der Waals surface area contributed by atoms with Crippen LogP contribution in [0.25, 0.3) is 0 Å². The summed E-state index contributed by atoms with van der Waals surface area (Å²) < 4.78 is 14.5. The Labute approximate surface area is 219 Å². The lowest BCUT2D eigenvalue weighted by atomic mass is 10.00. The highest BCUT2D eigenvalue weighted by Crippen LogP contribution is 2.31. The van der Waals surface area contributed by atoms with Gasteiger partial charge < -0.3 is 31.2 Å². The number of nitrogens with two attached hydrogens (primary N) is 2. The van der Waals surface area contributed by atoms with Gasteiger partial charge in [0.1, 0.15) is 22.4 Å². The molecule has 1 atom stereocenters. The van der Waals surface area contributed by atoms with Crippen molar-refractivity contribution in [3.05, 3.63) is 70.2 Å². The molecule has 0 aliphatic heterocycles. The molecule has 0 radical (unpaired) electrons. The fraction of sp³-hybridized carbons (Fsp3) is 0.308. The summed E-state index contributed by atoms with van der Waals surface area (Å²) in [5, 5.41) is 2.97. The van der Waals surface area contributed by atoms with Crippen LogP contribution >= 0.6 is 11.5 Å². The predicted molar refractivity (Wildman–Crippen MR) is 142 cm³/mol. The van der Waals surface area contributed by atoms with E-state index in [0.717, 1.165) is 17.1 Å². The second-order valence-corrected chi connectivity index (χ2v) is 10.1. The number of rotatable bonds is 9. The first-order chi connectivity index (χ1) is 17.4. The Bertz CT molecular complexity index is 1270. The minimum absolute atomic E-state index is 0.0179. The molecule has 3 rings (SSSR count). The largest absolute Gasteiger partial charge is 0.497 e. The number of primary amides is 1. The third kappa shape index (κ3) is 6.56. The molecule has 37 heavy (non-hydrogen) atoms. The summed E-state index contributed by atoms with van der Waals surface area (Å²) >= 11 is 0.762. The number of hydrogen-bond donors (Lipinski definition) is 3. The third-order valence-electron chi connectivity index (χ3n) is 5.42. The van der Waals surface area contributed by atoms with Gasteiger partial charge >= 0.3 is 0 Å². The third-order valence-corrected chi connectivity index (χ3v) is 6.27. The molecule has 0 aliphatic rings. The fourth-order valence-electron chi connectivity index (χ4n) is 3.66. The van der Waals surface area contributed by atoms with Crippen molar-refractivity contribution in [1.82, 2.24) is 14.6 Å². The molecule has 0 spiro atoms. The molecule has 196 valence electrons. The summed E-state index contributed by atoms with van der Waals surface area (Å²) in [5.41, 5.74) is 11.9. The number of carbonyl (C=O) groups excluding carboxylic acids is 3. The van der Waals surface area contributed by atoms with Gasteiger partial charge in [0, 0.05) is 12.1 Å². The highest BCUT2D eigenvalue weighted by atomic mass is 32.1. The van der Waals surface area contributed by atoms with E-state index in [2.05, 4.69) is 9.69 Å². The molecular weight excluding hydrogens is 494 g/mol. The Balaban J connectivity index is 2.15. The van der Waals surface area contributed by atoms with Crippen LogP contribution in [0, 0.1) is 0 Å². The topological polar surface area (TPSA) is 150 Å². The Kier molecular flexibility index (Phi) is 8.38. The molecule has 0 saturated heterocycles. The van der Waals surface area contributed by atoms with Gasteiger partial charge in [0.25, 0.3) is 11.8 Å². The first-order valence-corrected chi connectivity index (χ1v) is 12.2. The summed E-state index contributed by atoms with van der Waals surface area (Å²) in [5.74, 6) is -0.547. The van der Waals surface area contributed by atoms with Crippen LogP contribution in [0.3, 0.4) is 0 Å². The molecule has 3 amide bonds. The van der Waals surface area contributed by atoms with E-state index in [1.807, 2.05) is 20.8 Å². The van der Waals surface area contributed by atoms with Gasteiger partial charge in [-0.2, -0.15) is 4.37 Å². The van der Waals surface area contributed by atoms with Gasteiger partial charge in [-0.3, -0.25) is 14.4 Å². The van der Waals surface area contributed by atoms with E-state index < -0.39 is 29.3 Å². The highest BCUT2D eigenvalue weighted by molar-refractivity contribution is 7.09. The zero-order chi connectivity index (χ0) is 27.3. The first kappa shape index (κ1) is 27.5. The highest BCUT2D eigenvalue weighted by Gasteiger charge is 2.36. The quantitative estimate of drug-likeness (QED) is 0.388. The fourth-order valence-corrected chi connectivity index (χ4v) is 4.43. The number of carbonyl (C=O) groups is 3. The minimum Gasteiger partial charge on any atom is -0.497 e. The van der Waals surface area contributed by atoms with Gasteiger partial charge in [-0.05, 0) is 67.7 Å². The van der Waals surface area contributed by atoms with Gasteiger partial charge in [-0.15, -0.1) is 0 Å². The molecule has 0 saturated carbocycles. The zero-order valence-corrected chi connectivity index (χ0v) is 22.2. The number of nitrogens with one attached hydrogen (secondary N) is 1. The van der Waals surface area contributed by atoms with Gasteiger partial charge in [0.05, 0.1) is 19.9 Å². The molecule has 0 fully saturated rings. The van der Waals surface area contributed by atoms with E-state index in [0.29, 0.717) is 17.1 Å². The summed E-state index contributed by atoms with van der Waals surface area (Å²) in [6.07, 6.45) is 0. The first-order valence-electron chi connectivity index (χ1n) is 11.4. The van der Waals surface area contributed by atoms with E-state index in [9.17, 15) is 14.4 Å². The molecule has 1 heterocycles. The maximum Gasteiger partial charge on any atom is 0.270 e. The zero-order valence-electron chi connectivity index (χ0n) is 21.4. The van der Waals surface area contributed by atoms with Gasteiger partial charge in [0.15, 0.2) is 5.69 Å². The normalized spacial score (nSPS) is 11.9. The standard InChI is InChI=1S/C26H31N5O5S/c1-26(2,3)29-24(33)21(16-8-12-18(36-5)13-9-16)31(14-15-6-10-17(35-4)11-7-15)25(34)22-19(27)20(23(28)32)30-37-22/h6-13,21H,14,27H2,1-5H3,(H2,28,32)(H,29,33)/t21-/m0/s1. The number of amides is 3. The second-order valence-electron chi connectivity index (χ2n) is 9.33. The van der Waals surface area contributed by atoms with Crippen LogP contribution in [0.15, 0.2) is 48.5 Å². The van der Waals surface area contributed by atoms with Crippen LogP contribution in [0.5, 0.6) is 11.5 Å². The van der Waals surface area contributed by atoms with Gasteiger partial charge in [0.2, 0.25) is 5.91 Å². The lowest BCUT2D eigenvalue weighted by molar-refractivity contribution is -0.127. The van der Waals surface area contributed by atoms with Crippen molar-refractivity contribution >= 4 is 34.9 Å². The monoisotopic (exact) mass is 525 g/mol. The van der Waals surface area contributed by atoms with Crippen LogP contribution in [0.4, 0.5) is 5.69 Å². The summed E-state index contributed by atoms with van der Waals surface area (Å²) in [6.45, 7) is 5.62. The Morgan fingerprint density at radius 3 is 2.00 bits per heavy atom. The molecule has 1 aromatic heterocycles. The number of ether oxygens (including phenoxy) is 2. The van der Waals surface area contributed by atoms with Crippen molar-refractivity contribution in [2.24, 2.45) is 5.73 Å². The van der Waals surface area contributed by atoms with Crippen molar-refractivity contribution in [1.29, 1.82) is 0 Å². The van der Waals surface area contributed by atoms with Crippen LogP contribution < -0.4 is 26.3 Å². The molecule has 2 aromatic carbocycles. The summed E-state index contributed by atoms with van der Waals surface area (Å²) in [6, 6.07) is 13.0. The number of anilines is 1. The Morgan fingerprint density at radius 2 is 1.54 bits per heavy atom. The molecule has 10 nitrogen and oxygen atoms in total. The smallest absolute Gasteiger partial charge is 0.270 e. The molecular formula is C26H31N5O5S. The summed E-state index contributed by atoms with van der Waals surface area (Å²) in [7, 11) is 3.10. The van der Waals surface area contributed by atoms with Crippen LogP contribution in [-0.4, -0.2) is 46.8 Å². The van der Waals surface area contributed by atoms with Crippen LogP contribution in [0.1, 0.15) is 58.1 Å². The van der Waals surface area contributed by atoms with Crippen molar-refractivity contribution in [3.8, 4) is 11.5 Å². The van der Waals surface area contributed by atoms with Crippen molar-refractivity contribution in [2.75, 3.05) is 20.0 Å². The van der Waals surface area contributed by atoms with E-state index in [1.165, 1.54) is 4.90 Å². The molecule has 3 aromatic rings. The average Bonchev–Trinajstić information content (AvgIpc) is 3.24. The maximum absolute atomic E-state index is 14.0. The number of benzene rings is 2. The van der Waals surface area contributed by atoms with Gasteiger partial charge in [-0.1, -0.05) is 24.3 Å². The molecule has 11 heteroatoms. The van der Waals surface area contributed by atoms with E-state index >= 15 is 0 Å². The average molecular weight is 526 g/mol. The lowest BCUT2D eigenvalue weighted by Crippen LogP contribution is -2.49. The number of nitrogens with zero attached hydrogens (tertiary/aromatic N) is 2. The number of nitrogen functional groups attached to an aromatic ring is 1. The van der Waals surface area contributed by atoms with Crippen molar-refractivity contribution < 1.29 is 23.9 Å². The van der Waals surface area contributed by atoms with Crippen LogP contribution in [-0.2, 0) is 11.3 Å². The Hall–Kier alpha value is -4.12. The summed E-state index contributed by atoms with van der Waals surface area (Å²) in [4.78, 5) is 40.8. The molecule has 0 aliphatic carbocycles. The van der Waals surface area contributed by atoms with Crippen LogP contribution in [0.2, 0.25) is 0 Å². The maximum atomic E-state index is 14.0. The van der Waals surface area contributed by atoms with Gasteiger partial charge in [-0.25, -0.2) is 0 Å². The molecule has 5 N–H and O–H groups in total. The predicted octanol–water partition coefficient (Wildman–Crippen LogP) is 3.14. The van der Waals surface area contributed by atoms with E-state index in [4.69, 9.17) is 20.9 Å². The Morgan fingerprint density at radius 1 is 1.00 bits per heavy atom. The van der Waals surface area contributed by atoms with Crippen molar-refractivity contribution in [3.63, 3.8) is 0 Å². The lowest BCUT2D eigenvalue weighted by Gasteiger charge is -2.33. The van der Waals surface area contributed by atoms with E-state index in [-0.39, 0.29) is 22.8 Å². The number of hydrogen-bond acceptors (Lipinski definition) is 8. The SMILES string of the molecule is COc1ccc(CN(C(=O)c2snc(C(N)=O)c2N)[C@H](C(=O)NC(C)(C)C)c2ccc(OC)cc2)cc1.